The van der Waals surface area contributed by atoms with E-state index in [-0.39, 0.29) is 6.04 Å². The largest absolute Gasteiger partial charge is 0.497 e. The number of hydrogen-bond donors (Lipinski definition) is 1. The quantitative estimate of drug-likeness (QED) is 0.912. The highest BCUT2D eigenvalue weighted by Gasteiger charge is 2.15. The first-order valence-corrected chi connectivity index (χ1v) is 6.60. The maximum absolute atomic E-state index is 6.34. The zero-order valence-corrected chi connectivity index (χ0v) is 12.2. The number of nitrogens with one attached hydrogen (secondary N) is 1. The molecule has 2 aromatic rings. The third-order valence-corrected chi connectivity index (χ3v) is 3.55. The summed E-state index contributed by atoms with van der Waals surface area (Å²) in [4.78, 5) is 0. The molecule has 0 aliphatic carbocycles. The van der Waals surface area contributed by atoms with Crippen LogP contribution < -0.4 is 10.1 Å². The lowest BCUT2D eigenvalue weighted by Crippen LogP contribution is -2.18. The lowest BCUT2D eigenvalue weighted by Gasteiger charge is -2.19. The third-order valence-electron chi connectivity index (χ3n) is 3.22. The van der Waals surface area contributed by atoms with Gasteiger partial charge in [0.1, 0.15) is 5.75 Å². The van der Waals surface area contributed by atoms with Crippen LogP contribution in [0.1, 0.15) is 22.7 Å². The van der Waals surface area contributed by atoms with Crippen molar-refractivity contribution in [2.75, 3.05) is 14.2 Å². The predicted molar refractivity (Wildman–Crippen MR) is 80.1 cm³/mol. The van der Waals surface area contributed by atoms with Gasteiger partial charge in [0.2, 0.25) is 0 Å². The van der Waals surface area contributed by atoms with Crippen LogP contribution in [0.3, 0.4) is 0 Å². The first-order valence-electron chi connectivity index (χ1n) is 6.23. The van der Waals surface area contributed by atoms with Crippen molar-refractivity contribution in [1.82, 2.24) is 5.32 Å². The van der Waals surface area contributed by atoms with Crippen LogP contribution in [0, 0.1) is 6.92 Å². The van der Waals surface area contributed by atoms with Crippen LogP contribution in [0.2, 0.25) is 5.02 Å². The number of halogens is 1. The molecular weight excluding hydrogens is 258 g/mol. The molecule has 2 nitrogen and oxygen atoms in total. The van der Waals surface area contributed by atoms with E-state index in [1.54, 1.807) is 7.11 Å². The van der Waals surface area contributed by atoms with Crippen LogP contribution in [-0.4, -0.2) is 14.2 Å². The average molecular weight is 276 g/mol. The van der Waals surface area contributed by atoms with E-state index in [0.717, 1.165) is 11.3 Å². The normalized spacial score (nSPS) is 12.2. The highest BCUT2D eigenvalue weighted by atomic mass is 35.5. The molecule has 0 radical (unpaired) electrons. The van der Waals surface area contributed by atoms with Crippen molar-refractivity contribution in [3.8, 4) is 5.75 Å². The van der Waals surface area contributed by atoms with E-state index in [1.807, 2.05) is 25.2 Å². The summed E-state index contributed by atoms with van der Waals surface area (Å²) in [5.74, 6) is 0.771. The summed E-state index contributed by atoms with van der Waals surface area (Å²) in [5, 5.41) is 4.01. The van der Waals surface area contributed by atoms with Crippen LogP contribution in [0.5, 0.6) is 5.75 Å². The van der Waals surface area contributed by atoms with Gasteiger partial charge in [0.25, 0.3) is 0 Å². The molecule has 1 N–H and O–H groups in total. The van der Waals surface area contributed by atoms with Gasteiger partial charge in [0.15, 0.2) is 0 Å². The third kappa shape index (κ3) is 3.09. The van der Waals surface area contributed by atoms with Crippen LogP contribution in [0.25, 0.3) is 0 Å². The van der Waals surface area contributed by atoms with Gasteiger partial charge in [0.05, 0.1) is 13.2 Å². The van der Waals surface area contributed by atoms with Gasteiger partial charge in [-0.05, 0) is 37.2 Å². The van der Waals surface area contributed by atoms with E-state index >= 15 is 0 Å². The second kappa shape index (κ2) is 6.09. The number of aryl methyl sites for hydroxylation is 1. The van der Waals surface area contributed by atoms with Crippen molar-refractivity contribution in [3.05, 3.63) is 64.2 Å². The first kappa shape index (κ1) is 13.9. The highest BCUT2D eigenvalue weighted by molar-refractivity contribution is 6.31. The van der Waals surface area contributed by atoms with Crippen molar-refractivity contribution in [2.24, 2.45) is 0 Å². The SMILES string of the molecule is CNC(c1ccc(C)cc1)c1ccc(OC)cc1Cl. The Balaban J connectivity index is 2.39. The van der Waals surface area contributed by atoms with Crippen molar-refractivity contribution >= 4 is 11.6 Å². The Morgan fingerprint density at radius 1 is 1.11 bits per heavy atom. The van der Waals surface area contributed by atoms with Crippen molar-refractivity contribution in [1.29, 1.82) is 0 Å². The molecule has 19 heavy (non-hydrogen) atoms. The molecule has 0 heterocycles. The molecule has 0 spiro atoms. The average Bonchev–Trinajstić information content (AvgIpc) is 2.43. The molecule has 0 fully saturated rings. The number of rotatable bonds is 4. The summed E-state index contributed by atoms with van der Waals surface area (Å²) in [6.07, 6.45) is 0. The minimum absolute atomic E-state index is 0.0824. The molecule has 100 valence electrons. The Kier molecular flexibility index (Phi) is 4.46. The Labute approximate surface area is 119 Å². The maximum Gasteiger partial charge on any atom is 0.120 e. The lowest BCUT2D eigenvalue weighted by molar-refractivity contribution is 0.414. The summed E-state index contributed by atoms with van der Waals surface area (Å²) >= 11 is 6.34. The molecule has 0 saturated heterocycles. The molecule has 2 aromatic carbocycles. The molecule has 3 heteroatoms. The molecule has 1 unspecified atom stereocenters. The molecule has 0 amide bonds. The van der Waals surface area contributed by atoms with Crippen molar-refractivity contribution in [2.45, 2.75) is 13.0 Å². The highest BCUT2D eigenvalue weighted by Crippen LogP contribution is 2.31. The first-order chi connectivity index (χ1) is 9.15. The number of hydrogen-bond acceptors (Lipinski definition) is 2. The van der Waals surface area contributed by atoms with Gasteiger partial charge in [-0.2, -0.15) is 0 Å². The van der Waals surface area contributed by atoms with Crippen LogP contribution in [0.4, 0.5) is 0 Å². The van der Waals surface area contributed by atoms with Crippen LogP contribution >= 0.6 is 11.6 Å². The minimum Gasteiger partial charge on any atom is -0.497 e. The van der Waals surface area contributed by atoms with Crippen molar-refractivity contribution in [3.63, 3.8) is 0 Å². The molecule has 0 bridgehead atoms. The Morgan fingerprint density at radius 2 is 1.79 bits per heavy atom. The second-order valence-corrected chi connectivity index (χ2v) is 4.93. The second-order valence-electron chi connectivity index (χ2n) is 4.52. The maximum atomic E-state index is 6.34. The van der Waals surface area contributed by atoms with Crippen molar-refractivity contribution < 1.29 is 4.74 Å². The topological polar surface area (TPSA) is 21.3 Å². The van der Waals surface area contributed by atoms with Crippen LogP contribution in [0.15, 0.2) is 42.5 Å². The fraction of sp³-hybridized carbons (Fsp3) is 0.250. The molecule has 0 aliphatic rings. The molecule has 0 aliphatic heterocycles. The summed E-state index contributed by atoms with van der Waals surface area (Å²) in [7, 11) is 3.58. The zero-order chi connectivity index (χ0) is 13.8. The summed E-state index contributed by atoms with van der Waals surface area (Å²) in [5.41, 5.74) is 3.49. The lowest BCUT2D eigenvalue weighted by atomic mass is 9.98. The monoisotopic (exact) mass is 275 g/mol. The molecule has 0 aromatic heterocycles. The van der Waals surface area contributed by atoms with E-state index in [0.29, 0.717) is 5.02 Å². The van der Waals surface area contributed by atoms with Gasteiger partial charge >= 0.3 is 0 Å². The summed E-state index contributed by atoms with van der Waals surface area (Å²) < 4.78 is 5.18. The smallest absolute Gasteiger partial charge is 0.120 e. The fourth-order valence-corrected chi connectivity index (χ4v) is 2.41. The zero-order valence-electron chi connectivity index (χ0n) is 11.4. The van der Waals surface area contributed by atoms with Gasteiger partial charge in [-0.15, -0.1) is 0 Å². The van der Waals surface area contributed by atoms with Gasteiger partial charge in [0, 0.05) is 5.02 Å². The van der Waals surface area contributed by atoms with E-state index < -0.39 is 0 Å². The van der Waals surface area contributed by atoms with E-state index in [1.165, 1.54) is 11.1 Å². The molecule has 1 atom stereocenters. The minimum atomic E-state index is 0.0824. The standard InChI is InChI=1S/C16H18ClNO/c1-11-4-6-12(7-5-11)16(18-2)14-9-8-13(19-3)10-15(14)17/h4-10,16,18H,1-3H3. The van der Waals surface area contributed by atoms with E-state index in [2.05, 4.69) is 36.5 Å². The summed E-state index contributed by atoms with van der Waals surface area (Å²) in [6, 6.07) is 14.3. The van der Waals surface area contributed by atoms with Gasteiger partial charge < -0.3 is 10.1 Å². The van der Waals surface area contributed by atoms with E-state index in [4.69, 9.17) is 16.3 Å². The number of methoxy groups -OCH3 is 1. The number of ether oxygens (including phenoxy) is 1. The fourth-order valence-electron chi connectivity index (χ4n) is 2.13. The molecule has 0 saturated carbocycles. The summed E-state index contributed by atoms with van der Waals surface area (Å²) in [6.45, 7) is 2.08. The van der Waals surface area contributed by atoms with Gasteiger partial charge in [-0.3, -0.25) is 0 Å². The number of benzene rings is 2. The Bertz CT molecular complexity index is 551. The van der Waals surface area contributed by atoms with E-state index in [9.17, 15) is 0 Å². The Morgan fingerprint density at radius 3 is 2.32 bits per heavy atom. The molecule has 2 rings (SSSR count). The van der Waals surface area contributed by atoms with Crippen LogP contribution in [-0.2, 0) is 0 Å². The van der Waals surface area contributed by atoms with Gasteiger partial charge in [-0.25, -0.2) is 0 Å². The Hall–Kier alpha value is -1.51. The predicted octanol–water partition coefficient (Wildman–Crippen LogP) is 3.97. The van der Waals surface area contributed by atoms with Gasteiger partial charge in [-0.1, -0.05) is 47.5 Å². The molecular formula is C16H18ClNO.